The predicted molar refractivity (Wildman–Crippen MR) is 120 cm³/mol. The lowest BCUT2D eigenvalue weighted by molar-refractivity contribution is 0.357. The number of halogens is 2. The summed E-state index contributed by atoms with van der Waals surface area (Å²) in [7, 11) is -3.81. The minimum Gasteiger partial charge on any atom is -0.262 e. The third-order valence-electron chi connectivity index (χ3n) is 4.13. The van der Waals surface area contributed by atoms with Gasteiger partial charge in [-0.05, 0) is 66.1 Å². The van der Waals surface area contributed by atoms with Crippen LogP contribution in [-0.2, 0) is 14.3 Å². The van der Waals surface area contributed by atoms with Crippen LogP contribution in [0.2, 0.25) is 0 Å². The van der Waals surface area contributed by atoms with Crippen molar-refractivity contribution in [3.05, 3.63) is 105 Å². The molecule has 0 bridgehead atoms. The first-order valence-corrected chi connectivity index (χ1v) is 11.5. The molecule has 0 heterocycles. The van der Waals surface area contributed by atoms with E-state index in [1.54, 1.807) is 30.3 Å². The summed E-state index contributed by atoms with van der Waals surface area (Å²) in [4.78, 5) is 0.153. The van der Waals surface area contributed by atoms with E-state index >= 15 is 0 Å². The molecule has 0 aliphatic carbocycles. The molecule has 0 N–H and O–H groups in total. The molecule has 0 fully saturated rings. The molecular formula is C22H18Br2O3S. The number of hydrogen-bond acceptors (Lipinski definition) is 3. The number of rotatable bonds is 6. The number of benzene rings is 3. The van der Waals surface area contributed by atoms with Crippen LogP contribution in [0, 0.1) is 6.92 Å². The van der Waals surface area contributed by atoms with Crippen molar-refractivity contribution in [3.8, 4) is 0 Å². The molecule has 3 nitrogen and oxygen atoms in total. The molecule has 0 aliphatic heterocycles. The predicted octanol–water partition coefficient (Wildman–Crippen LogP) is 6.36. The fourth-order valence-electron chi connectivity index (χ4n) is 2.64. The van der Waals surface area contributed by atoms with Crippen molar-refractivity contribution in [2.45, 2.75) is 11.8 Å². The van der Waals surface area contributed by atoms with Crippen LogP contribution >= 0.6 is 31.9 Å². The summed E-state index contributed by atoms with van der Waals surface area (Å²) in [5.74, 6) is 0. The van der Waals surface area contributed by atoms with Crippen molar-refractivity contribution in [2.24, 2.45) is 0 Å². The summed E-state index contributed by atoms with van der Waals surface area (Å²) in [5.41, 5.74) is 3.84. The van der Waals surface area contributed by atoms with Gasteiger partial charge in [0.15, 0.2) is 0 Å². The van der Waals surface area contributed by atoms with E-state index in [2.05, 4.69) is 31.9 Å². The van der Waals surface area contributed by atoms with Crippen molar-refractivity contribution < 1.29 is 12.6 Å². The fraction of sp³-hybridized carbons (Fsp3) is 0.0909. The van der Waals surface area contributed by atoms with Crippen molar-refractivity contribution in [2.75, 3.05) is 6.61 Å². The van der Waals surface area contributed by atoms with Gasteiger partial charge in [-0.15, -0.1) is 0 Å². The van der Waals surface area contributed by atoms with E-state index in [1.165, 1.54) is 0 Å². The van der Waals surface area contributed by atoms with Crippen molar-refractivity contribution in [1.82, 2.24) is 0 Å². The molecular weight excluding hydrogens is 504 g/mol. The lowest BCUT2D eigenvalue weighted by Crippen LogP contribution is -2.07. The third-order valence-corrected chi connectivity index (χ3v) is 6.48. The minimum atomic E-state index is -3.81. The zero-order chi connectivity index (χ0) is 20.1. The van der Waals surface area contributed by atoms with Crippen molar-refractivity contribution in [1.29, 1.82) is 0 Å². The van der Waals surface area contributed by atoms with Crippen LogP contribution in [0.4, 0.5) is 0 Å². The molecule has 3 aromatic rings. The summed E-state index contributed by atoms with van der Waals surface area (Å²) in [5, 5.41) is 0. The van der Waals surface area contributed by atoms with Crippen LogP contribution in [0.25, 0.3) is 5.57 Å². The van der Waals surface area contributed by atoms with Crippen LogP contribution in [0.15, 0.2) is 92.7 Å². The molecule has 28 heavy (non-hydrogen) atoms. The average molecular weight is 522 g/mol. The molecule has 0 spiro atoms. The van der Waals surface area contributed by atoms with Gasteiger partial charge in [-0.25, -0.2) is 0 Å². The highest BCUT2D eigenvalue weighted by Crippen LogP contribution is 2.26. The van der Waals surface area contributed by atoms with Gasteiger partial charge in [0.05, 0.1) is 11.5 Å². The Morgan fingerprint density at radius 3 is 1.75 bits per heavy atom. The Kier molecular flexibility index (Phi) is 6.88. The van der Waals surface area contributed by atoms with E-state index in [9.17, 15) is 8.42 Å². The Hall–Kier alpha value is -1.73. The molecule has 3 rings (SSSR count). The van der Waals surface area contributed by atoms with E-state index in [1.807, 2.05) is 55.5 Å². The van der Waals surface area contributed by atoms with Crippen LogP contribution in [0.1, 0.15) is 16.7 Å². The van der Waals surface area contributed by atoms with E-state index in [4.69, 9.17) is 4.18 Å². The molecule has 0 aliphatic rings. The summed E-state index contributed by atoms with van der Waals surface area (Å²) >= 11 is 6.88. The third kappa shape index (κ3) is 5.41. The van der Waals surface area contributed by atoms with Crippen molar-refractivity contribution >= 4 is 47.6 Å². The number of aryl methyl sites for hydroxylation is 1. The Morgan fingerprint density at radius 2 is 1.29 bits per heavy atom. The first-order chi connectivity index (χ1) is 13.3. The Balaban J connectivity index is 1.87. The quantitative estimate of drug-likeness (QED) is 0.354. The maximum atomic E-state index is 12.4. The van der Waals surface area contributed by atoms with Gasteiger partial charge in [-0.1, -0.05) is 73.8 Å². The highest BCUT2D eigenvalue weighted by Gasteiger charge is 2.14. The molecule has 0 radical (unpaired) electrons. The maximum absolute atomic E-state index is 12.4. The molecule has 0 saturated heterocycles. The van der Waals surface area contributed by atoms with Gasteiger partial charge in [-0.3, -0.25) is 4.18 Å². The van der Waals surface area contributed by atoms with Crippen LogP contribution < -0.4 is 0 Å². The Morgan fingerprint density at radius 1 is 0.821 bits per heavy atom. The van der Waals surface area contributed by atoms with Crippen LogP contribution in [-0.4, -0.2) is 15.0 Å². The zero-order valence-corrected chi connectivity index (χ0v) is 19.1. The standard InChI is InChI=1S/C22H18Br2O3S/c1-16-2-12-21(13-3-16)28(25,26)27-15-14-22(17-4-8-19(23)9-5-17)18-6-10-20(24)11-7-18/h2-14H,15H2,1H3. The highest BCUT2D eigenvalue weighted by molar-refractivity contribution is 9.10. The lowest BCUT2D eigenvalue weighted by atomic mass is 9.98. The Labute approximate surface area is 182 Å². The normalized spacial score (nSPS) is 11.2. The maximum Gasteiger partial charge on any atom is 0.297 e. The molecule has 3 aromatic carbocycles. The second-order valence-corrected chi connectivity index (χ2v) is 9.63. The van der Waals surface area contributed by atoms with Crippen molar-refractivity contribution in [3.63, 3.8) is 0 Å². The highest BCUT2D eigenvalue weighted by atomic mass is 79.9. The largest absolute Gasteiger partial charge is 0.297 e. The monoisotopic (exact) mass is 520 g/mol. The molecule has 0 atom stereocenters. The van der Waals surface area contributed by atoms with Gasteiger partial charge in [0.25, 0.3) is 10.1 Å². The second-order valence-electron chi connectivity index (χ2n) is 6.18. The van der Waals surface area contributed by atoms with Crippen LogP contribution in [0.3, 0.4) is 0 Å². The van der Waals surface area contributed by atoms with Gasteiger partial charge in [0.2, 0.25) is 0 Å². The Bertz CT molecular complexity index is 1020. The second kappa shape index (κ2) is 9.18. The van der Waals surface area contributed by atoms with E-state index in [0.29, 0.717) is 0 Å². The van der Waals surface area contributed by atoms with Gasteiger partial charge in [-0.2, -0.15) is 8.42 Å². The smallest absolute Gasteiger partial charge is 0.262 e. The molecule has 6 heteroatoms. The topological polar surface area (TPSA) is 43.4 Å². The zero-order valence-electron chi connectivity index (χ0n) is 15.1. The van der Waals surface area contributed by atoms with E-state index < -0.39 is 10.1 Å². The number of hydrogen-bond donors (Lipinski definition) is 0. The van der Waals surface area contributed by atoms with E-state index in [-0.39, 0.29) is 11.5 Å². The minimum absolute atomic E-state index is 0.0579. The molecule has 0 amide bonds. The summed E-state index contributed by atoms with van der Waals surface area (Å²) in [6.45, 7) is 1.85. The molecule has 0 unspecified atom stereocenters. The summed E-state index contributed by atoms with van der Waals surface area (Å²) in [6, 6.07) is 22.3. The van der Waals surface area contributed by atoms with Gasteiger partial charge >= 0.3 is 0 Å². The SMILES string of the molecule is Cc1ccc(S(=O)(=O)OCC=C(c2ccc(Br)cc2)c2ccc(Br)cc2)cc1. The lowest BCUT2D eigenvalue weighted by Gasteiger charge is -2.10. The summed E-state index contributed by atoms with van der Waals surface area (Å²) < 4.78 is 32.1. The molecule has 144 valence electrons. The van der Waals surface area contributed by atoms with Gasteiger partial charge in [0, 0.05) is 8.95 Å². The first-order valence-electron chi connectivity index (χ1n) is 8.53. The average Bonchev–Trinajstić information content (AvgIpc) is 2.67. The molecule has 0 aromatic heterocycles. The van der Waals surface area contributed by atoms with Gasteiger partial charge < -0.3 is 0 Å². The molecule has 0 saturated carbocycles. The first kappa shape index (κ1) is 21.0. The summed E-state index contributed by atoms with van der Waals surface area (Å²) in [6.07, 6.45) is 1.79. The van der Waals surface area contributed by atoms with E-state index in [0.717, 1.165) is 31.2 Å². The fourth-order valence-corrected chi connectivity index (χ4v) is 4.02. The van der Waals surface area contributed by atoms with Crippen LogP contribution in [0.5, 0.6) is 0 Å². The van der Waals surface area contributed by atoms with Gasteiger partial charge in [0.1, 0.15) is 0 Å².